The average Bonchev–Trinajstić information content (AvgIpc) is 2.35. The van der Waals surface area contributed by atoms with Gasteiger partial charge in [-0.25, -0.2) is 0 Å². The summed E-state index contributed by atoms with van der Waals surface area (Å²) < 4.78 is 0. The first-order valence-electron chi connectivity index (χ1n) is 9.27. The van der Waals surface area contributed by atoms with Crippen molar-refractivity contribution in [1.82, 2.24) is 5.32 Å². The molecule has 1 unspecified atom stereocenters. The zero-order valence-electron chi connectivity index (χ0n) is 17.4. The van der Waals surface area contributed by atoms with E-state index in [1.807, 2.05) is 0 Å². The molecule has 23 heavy (non-hydrogen) atoms. The third-order valence-electron chi connectivity index (χ3n) is 4.41. The molecular weight excluding hydrogens is 348 g/mol. The highest BCUT2D eigenvalue weighted by molar-refractivity contribution is 9.10. The van der Waals surface area contributed by atoms with E-state index in [0.29, 0.717) is 35.8 Å². The zero-order chi connectivity index (χ0) is 18.5. The monoisotopic (exact) mass is 388 g/mol. The number of halogens is 1. The van der Waals surface area contributed by atoms with Gasteiger partial charge in [0.25, 0.3) is 0 Å². The van der Waals surface area contributed by atoms with Crippen LogP contribution in [-0.2, 0) is 0 Å². The lowest BCUT2D eigenvalue weighted by Crippen LogP contribution is -2.49. The van der Waals surface area contributed by atoms with Crippen LogP contribution in [0.4, 0.5) is 0 Å². The maximum atomic E-state index is 5.20. The van der Waals surface area contributed by atoms with Gasteiger partial charge in [-0.1, -0.05) is 92.1 Å². The first-order chi connectivity index (χ1) is 10.3. The summed E-state index contributed by atoms with van der Waals surface area (Å²) in [4.78, 5) is 5.44. The van der Waals surface area contributed by atoms with Crippen LogP contribution in [0.3, 0.4) is 0 Å². The Bertz CT molecular complexity index is 348. The molecule has 3 heteroatoms. The molecule has 0 aromatic heterocycles. The molecule has 0 amide bonds. The Kier molecular flexibility index (Phi) is 9.42. The van der Waals surface area contributed by atoms with Gasteiger partial charge >= 0.3 is 0 Å². The Morgan fingerprint density at radius 3 is 1.43 bits per heavy atom. The van der Waals surface area contributed by atoms with E-state index in [-0.39, 0.29) is 10.2 Å². The molecule has 0 saturated heterocycles. The molecular formula is C20H41BrN2. The molecule has 138 valence electrons. The van der Waals surface area contributed by atoms with E-state index in [9.17, 15) is 0 Å². The van der Waals surface area contributed by atoms with Crippen LogP contribution in [-0.4, -0.2) is 22.7 Å². The molecule has 0 fully saturated rings. The summed E-state index contributed by atoms with van der Waals surface area (Å²) >= 11 is 3.93. The maximum absolute atomic E-state index is 5.20. The van der Waals surface area contributed by atoms with Gasteiger partial charge in [0.2, 0.25) is 0 Å². The lowest BCUT2D eigenvalue weighted by Gasteiger charge is -2.35. The second-order valence-corrected chi connectivity index (χ2v) is 10.3. The molecule has 0 spiro atoms. The summed E-state index contributed by atoms with van der Waals surface area (Å²) in [6, 6.07) is 0.788. The van der Waals surface area contributed by atoms with Gasteiger partial charge in [-0.2, -0.15) is 0 Å². The van der Waals surface area contributed by atoms with Crippen LogP contribution in [0.5, 0.6) is 0 Å². The minimum Gasteiger partial charge on any atom is -0.370 e. The quantitative estimate of drug-likeness (QED) is 0.315. The number of aliphatic imine (C=N–C) groups is 1. The molecule has 0 aromatic rings. The molecule has 0 aromatic carbocycles. The van der Waals surface area contributed by atoms with Crippen molar-refractivity contribution in [2.45, 2.75) is 93.1 Å². The second-order valence-electron chi connectivity index (χ2n) is 9.38. The molecule has 0 bridgehead atoms. The first kappa shape index (κ1) is 22.9. The summed E-state index contributed by atoms with van der Waals surface area (Å²) in [5.41, 5.74) is 0.128. The molecule has 1 N–H and O–H groups in total. The third-order valence-corrected chi connectivity index (χ3v) is 6.21. The van der Waals surface area contributed by atoms with Gasteiger partial charge in [0.1, 0.15) is 5.84 Å². The molecule has 0 radical (unpaired) electrons. The Balaban J connectivity index is 5.72. The minimum absolute atomic E-state index is 0.128. The van der Waals surface area contributed by atoms with Crippen molar-refractivity contribution >= 4 is 21.8 Å². The van der Waals surface area contributed by atoms with E-state index in [0.717, 1.165) is 5.84 Å². The van der Waals surface area contributed by atoms with Crippen LogP contribution < -0.4 is 5.32 Å². The standard InChI is InChI=1S/C20H41BrN2/c1-12(2)16(13(3)4)22-19(18(21)20(9,10)11)23-17(14(5)6)15(7)8/h12-18H,1-11H3,(H,22,23). The van der Waals surface area contributed by atoms with E-state index >= 15 is 0 Å². The molecule has 1 atom stereocenters. The molecule has 0 aliphatic carbocycles. The van der Waals surface area contributed by atoms with Gasteiger partial charge in [-0.3, -0.25) is 4.99 Å². The van der Waals surface area contributed by atoms with Crippen molar-refractivity contribution in [2.75, 3.05) is 0 Å². The van der Waals surface area contributed by atoms with Crippen LogP contribution in [0.1, 0.15) is 76.2 Å². The van der Waals surface area contributed by atoms with Crippen LogP contribution in [0.15, 0.2) is 4.99 Å². The van der Waals surface area contributed by atoms with Crippen LogP contribution in [0, 0.1) is 29.1 Å². The van der Waals surface area contributed by atoms with E-state index in [1.54, 1.807) is 0 Å². The number of alkyl halides is 1. The Hall–Kier alpha value is -0.0500. The molecule has 0 saturated carbocycles. The van der Waals surface area contributed by atoms with Gasteiger partial charge in [0, 0.05) is 6.04 Å². The summed E-state index contributed by atoms with van der Waals surface area (Å²) in [7, 11) is 0. The number of nitrogens with zero attached hydrogens (tertiary/aromatic N) is 1. The van der Waals surface area contributed by atoms with E-state index < -0.39 is 0 Å². The minimum atomic E-state index is 0.128. The smallest absolute Gasteiger partial charge is 0.111 e. The van der Waals surface area contributed by atoms with Crippen LogP contribution in [0.2, 0.25) is 0 Å². The number of hydrogen-bond acceptors (Lipinski definition) is 1. The molecule has 0 aliphatic heterocycles. The Morgan fingerprint density at radius 2 is 1.17 bits per heavy atom. The predicted octanol–water partition coefficient (Wildman–Crippen LogP) is 6.15. The number of hydrogen-bond donors (Lipinski definition) is 1. The van der Waals surface area contributed by atoms with Gasteiger partial charge in [-0.15, -0.1) is 0 Å². The highest BCUT2D eigenvalue weighted by Crippen LogP contribution is 2.29. The maximum Gasteiger partial charge on any atom is 0.111 e. The number of amidine groups is 1. The topological polar surface area (TPSA) is 24.4 Å². The van der Waals surface area contributed by atoms with Crippen molar-refractivity contribution < 1.29 is 0 Å². The Labute approximate surface area is 154 Å². The Morgan fingerprint density at radius 1 is 0.783 bits per heavy atom. The summed E-state index contributed by atoms with van der Waals surface area (Å²) in [6.45, 7) is 25.0. The van der Waals surface area contributed by atoms with Crippen LogP contribution >= 0.6 is 15.9 Å². The normalized spacial score (nSPS) is 15.7. The van der Waals surface area contributed by atoms with Gasteiger partial charge in [-0.05, 0) is 29.1 Å². The van der Waals surface area contributed by atoms with E-state index in [4.69, 9.17) is 4.99 Å². The van der Waals surface area contributed by atoms with Crippen molar-refractivity contribution in [2.24, 2.45) is 34.1 Å². The fraction of sp³-hybridized carbons (Fsp3) is 0.950. The third kappa shape index (κ3) is 7.58. The fourth-order valence-corrected chi connectivity index (χ4v) is 3.34. The van der Waals surface area contributed by atoms with Crippen molar-refractivity contribution in [3.63, 3.8) is 0 Å². The predicted molar refractivity (Wildman–Crippen MR) is 110 cm³/mol. The van der Waals surface area contributed by atoms with Crippen molar-refractivity contribution in [3.8, 4) is 0 Å². The SMILES string of the molecule is CC(C)C(N=C(NC(C(C)C)C(C)C)C(Br)C(C)(C)C)C(C)C. The zero-order valence-corrected chi connectivity index (χ0v) is 19.0. The van der Waals surface area contributed by atoms with Gasteiger partial charge in [0.15, 0.2) is 0 Å². The lowest BCUT2D eigenvalue weighted by atomic mass is 9.88. The molecule has 0 heterocycles. The van der Waals surface area contributed by atoms with Gasteiger partial charge < -0.3 is 5.32 Å². The van der Waals surface area contributed by atoms with E-state index in [1.165, 1.54) is 0 Å². The molecule has 0 aliphatic rings. The average molecular weight is 389 g/mol. The van der Waals surface area contributed by atoms with Crippen molar-refractivity contribution in [1.29, 1.82) is 0 Å². The fourth-order valence-electron chi connectivity index (χ4n) is 3.09. The number of nitrogens with one attached hydrogen (secondary N) is 1. The highest BCUT2D eigenvalue weighted by Gasteiger charge is 2.31. The summed E-state index contributed by atoms with van der Waals surface area (Å²) in [5.74, 6) is 3.37. The number of rotatable bonds is 7. The lowest BCUT2D eigenvalue weighted by molar-refractivity contribution is 0.340. The first-order valence-corrected chi connectivity index (χ1v) is 10.2. The summed E-state index contributed by atoms with van der Waals surface area (Å²) in [6.07, 6.45) is 0. The molecule has 2 nitrogen and oxygen atoms in total. The largest absolute Gasteiger partial charge is 0.370 e. The summed E-state index contributed by atoms with van der Waals surface area (Å²) in [5, 5.41) is 3.80. The highest BCUT2D eigenvalue weighted by atomic mass is 79.9. The van der Waals surface area contributed by atoms with Gasteiger partial charge in [0.05, 0.1) is 10.9 Å². The van der Waals surface area contributed by atoms with E-state index in [2.05, 4.69) is 97.4 Å². The molecule has 0 rings (SSSR count). The van der Waals surface area contributed by atoms with Crippen molar-refractivity contribution in [3.05, 3.63) is 0 Å². The second kappa shape index (κ2) is 9.44. The van der Waals surface area contributed by atoms with Crippen LogP contribution in [0.25, 0.3) is 0 Å².